The molecule has 3 heteroatoms. The minimum absolute atomic E-state index is 0.143. The Kier molecular flexibility index (Phi) is 3.56. The molecule has 0 aromatic heterocycles. The maximum atomic E-state index is 13.3. The summed E-state index contributed by atoms with van der Waals surface area (Å²) in [5, 5.41) is 9.57. The number of piperidine rings is 1. The summed E-state index contributed by atoms with van der Waals surface area (Å²) in [7, 11) is 0. The summed E-state index contributed by atoms with van der Waals surface area (Å²) in [6.45, 7) is 4.24. The standard InChI is InChI=1S/C13H18FNO/c1-10-11(4-2-6-13(10)14)8-15-7-3-5-12(16)9-15/h2,4,6,12,16H,3,5,7-9H2,1H3/t12-/m1/s1. The van der Waals surface area contributed by atoms with Crippen molar-refractivity contribution in [1.82, 2.24) is 4.90 Å². The lowest BCUT2D eigenvalue weighted by Crippen LogP contribution is -2.37. The van der Waals surface area contributed by atoms with Gasteiger partial charge in [0.25, 0.3) is 0 Å². The van der Waals surface area contributed by atoms with Gasteiger partial charge in [-0.05, 0) is 43.5 Å². The van der Waals surface area contributed by atoms with Gasteiger partial charge in [0.15, 0.2) is 0 Å². The van der Waals surface area contributed by atoms with Crippen LogP contribution in [0.1, 0.15) is 24.0 Å². The summed E-state index contributed by atoms with van der Waals surface area (Å²) >= 11 is 0. The minimum atomic E-state index is -0.220. The molecule has 0 spiro atoms. The highest BCUT2D eigenvalue weighted by atomic mass is 19.1. The van der Waals surface area contributed by atoms with Gasteiger partial charge < -0.3 is 5.11 Å². The number of halogens is 1. The monoisotopic (exact) mass is 223 g/mol. The average Bonchev–Trinajstić information content (AvgIpc) is 2.25. The molecule has 0 amide bonds. The second-order valence-electron chi connectivity index (χ2n) is 4.56. The zero-order chi connectivity index (χ0) is 11.5. The molecule has 0 saturated carbocycles. The molecule has 1 atom stereocenters. The number of hydrogen-bond donors (Lipinski definition) is 1. The van der Waals surface area contributed by atoms with Crippen LogP contribution in [0.15, 0.2) is 18.2 Å². The van der Waals surface area contributed by atoms with Crippen LogP contribution >= 0.6 is 0 Å². The van der Waals surface area contributed by atoms with Crippen molar-refractivity contribution in [3.8, 4) is 0 Å². The lowest BCUT2D eigenvalue weighted by atomic mass is 10.0. The van der Waals surface area contributed by atoms with Crippen molar-refractivity contribution in [3.05, 3.63) is 35.1 Å². The molecular weight excluding hydrogens is 205 g/mol. The zero-order valence-electron chi connectivity index (χ0n) is 9.62. The summed E-state index contributed by atoms with van der Waals surface area (Å²) in [5.74, 6) is -0.143. The summed E-state index contributed by atoms with van der Waals surface area (Å²) < 4.78 is 13.3. The van der Waals surface area contributed by atoms with Gasteiger partial charge in [-0.3, -0.25) is 4.90 Å². The first-order valence-corrected chi connectivity index (χ1v) is 5.81. The molecule has 1 aromatic rings. The van der Waals surface area contributed by atoms with Crippen LogP contribution < -0.4 is 0 Å². The molecule has 1 N–H and O–H groups in total. The molecule has 0 radical (unpaired) electrons. The van der Waals surface area contributed by atoms with E-state index in [1.165, 1.54) is 6.07 Å². The van der Waals surface area contributed by atoms with Crippen molar-refractivity contribution in [3.63, 3.8) is 0 Å². The number of aliphatic hydroxyl groups is 1. The maximum absolute atomic E-state index is 13.3. The molecule has 1 saturated heterocycles. The van der Waals surface area contributed by atoms with E-state index < -0.39 is 0 Å². The minimum Gasteiger partial charge on any atom is -0.392 e. The molecule has 0 aliphatic carbocycles. The van der Waals surface area contributed by atoms with Crippen molar-refractivity contribution >= 4 is 0 Å². The topological polar surface area (TPSA) is 23.5 Å². The van der Waals surface area contributed by atoms with Crippen molar-refractivity contribution in [2.75, 3.05) is 13.1 Å². The highest BCUT2D eigenvalue weighted by Gasteiger charge is 2.18. The van der Waals surface area contributed by atoms with Gasteiger partial charge in [-0.15, -0.1) is 0 Å². The van der Waals surface area contributed by atoms with Gasteiger partial charge in [0.1, 0.15) is 5.82 Å². The van der Waals surface area contributed by atoms with Crippen molar-refractivity contribution in [1.29, 1.82) is 0 Å². The number of benzene rings is 1. The summed E-state index contributed by atoms with van der Waals surface area (Å²) in [5.41, 5.74) is 1.75. The van der Waals surface area contributed by atoms with Crippen LogP contribution in [-0.4, -0.2) is 29.2 Å². The summed E-state index contributed by atoms with van der Waals surface area (Å²) in [6, 6.07) is 5.20. The Morgan fingerprint density at radius 2 is 2.31 bits per heavy atom. The van der Waals surface area contributed by atoms with E-state index in [0.717, 1.165) is 37.1 Å². The van der Waals surface area contributed by atoms with Crippen LogP contribution in [0, 0.1) is 12.7 Å². The van der Waals surface area contributed by atoms with Gasteiger partial charge in [-0.1, -0.05) is 12.1 Å². The maximum Gasteiger partial charge on any atom is 0.126 e. The van der Waals surface area contributed by atoms with E-state index in [0.29, 0.717) is 6.54 Å². The second kappa shape index (κ2) is 4.93. The van der Waals surface area contributed by atoms with E-state index in [9.17, 15) is 9.50 Å². The Labute approximate surface area is 95.7 Å². The molecule has 2 rings (SSSR count). The van der Waals surface area contributed by atoms with Gasteiger partial charge in [0.05, 0.1) is 6.10 Å². The predicted octanol–water partition coefficient (Wildman–Crippen LogP) is 2.09. The van der Waals surface area contributed by atoms with Crippen molar-refractivity contribution in [2.45, 2.75) is 32.4 Å². The lowest BCUT2D eigenvalue weighted by molar-refractivity contribution is 0.0667. The SMILES string of the molecule is Cc1c(F)cccc1CN1CCC[C@@H](O)C1. The third-order valence-corrected chi connectivity index (χ3v) is 3.25. The van der Waals surface area contributed by atoms with Crippen LogP contribution in [-0.2, 0) is 6.54 Å². The van der Waals surface area contributed by atoms with Gasteiger partial charge in [0.2, 0.25) is 0 Å². The van der Waals surface area contributed by atoms with E-state index in [-0.39, 0.29) is 11.9 Å². The third kappa shape index (κ3) is 2.60. The molecular formula is C13H18FNO. The third-order valence-electron chi connectivity index (χ3n) is 3.25. The van der Waals surface area contributed by atoms with Crippen LogP contribution in [0.5, 0.6) is 0 Å². The molecule has 88 valence electrons. The predicted molar refractivity (Wildman–Crippen MR) is 61.7 cm³/mol. The summed E-state index contributed by atoms with van der Waals surface area (Å²) in [6.07, 6.45) is 1.69. The van der Waals surface area contributed by atoms with Gasteiger partial charge in [0, 0.05) is 13.1 Å². The quantitative estimate of drug-likeness (QED) is 0.830. The number of aliphatic hydroxyl groups excluding tert-OH is 1. The summed E-state index contributed by atoms with van der Waals surface area (Å²) in [4.78, 5) is 2.19. The molecule has 2 nitrogen and oxygen atoms in total. The van der Waals surface area contributed by atoms with Crippen LogP contribution in [0.2, 0.25) is 0 Å². The van der Waals surface area contributed by atoms with E-state index >= 15 is 0 Å². The normalized spacial score (nSPS) is 22.3. The number of rotatable bonds is 2. The fraction of sp³-hybridized carbons (Fsp3) is 0.538. The second-order valence-corrected chi connectivity index (χ2v) is 4.56. The van der Waals surface area contributed by atoms with E-state index in [4.69, 9.17) is 0 Å². The average molecular weight is 223 g/mol. The Morgan fingerprint density at radius 1 is 1.50 bits per heavy atom. The number of nitrogens with zero attached hydrogens (tertiary/aromatic N) is 1. The molecule has 1 heterocycles. The molecule has 1 aliphatic heterocycles. The lowest BCUT2D eigenvalue weighted by Gasteiger charge is -2.30. The number of hydrogen-bond acceptors (Lipinski definition) is 2. The van der Waals surface area contributed by atoms with Gasteiger partial charge in [-0.25, -0.2) is 4.39 Å². The Balaban J connectivity index is 2.05. The molecule has 1 fully saturated rings. The molecule has 0 bridgehead atoms. The zero-order valence-corrected chi connectivity index (χ0v) is 9.62. The highest BCUT2D eigenvalue weighted by molar-refractivity contribution is 5.27. The Bertz CT molecular complexity index is 367. The van der Waals surface area contributed by atoms with Gasteiger partial charge in [-0.2, -0.15) is 0 Å². The fourth-order valence-electron chi connectivity index (χ4n) is 2.24. The number of likely N-dealkylation sites (tertiary alicyclic amines) is 1. The van der Waals surface area contributed by atoms with E-state index in [1.807, 2.05) is 13.0 Å². The van der Waals surface area contributed by atoms with Crippen LogP contribution in [0.25, 0.3) is 0 Å². The first kappa shape index (κ1) is 11.6. The first-order chi connectivity index (χ1) is 7.66. The Hall–Kier alpha value is -0.930. The largest absolute Gasteiger partial charge is 0.392 e. The molecule has 0 unspecified atom stereocenters. The van der Waals surface area contributed by atoms with E-state index in [1.54, 1.807) is 6.07 Å². The molecule has 1 aromatic carbocycles. The van der Waals surface area contributed by atoms with Crippen molar-refractivity contribution in [2.24, 2.45) is 0 Å². The highest BCUT2D eigenvalue weighted by Crippen LogP contribution is 2.17. The van der Waals surface area contributed by atoms with Crippen LogP contribution in [0.4, 0.5) is 4.39 Å². The van der Waals surface area contributed by atoms with E-state index in [2.05, 4.69) is 4.90 Å². The smallest absolute Gasteiger partial charge is 0.126 e. The van der Waals surface area contributed by atoms with Gasteiger partial charge >= 0.3 is 0 Å². The number of β-amino-alcohol motifs (C(OH)–C–C–N with tert-alkyl or cyclic N) is 1. The van der Waals surface area contributed by atoms with Crippen LogP contribution in [0.3, 0.4) is 0 Å². The Morgan fingerprint density at radius 3 is 3.06 bits per heavy atom. The first-order valence-electron chi connectivity index (χ1n) is 5.81. The van der Waals surface area contributed by atoms with Crippen molar-refractivity contribution < 1.29 is 9.50 Å². The molecule has 1 aliphatic rings. The molecule has 16 heavy (non-hydrogen) atoms. The fourth-order valence-corrected chi connectivity index (χ4v) is 2.24.